The Morgan fingerprint density at radius 3 is 2.52 bits per heavy atom. The molecule has 3 aliphatic rings. The summed E-state index contributed by atoms with van der Waals surface area (Å²) in [6.45, 7) is 2.28. The molecule has 0 atom stereocenters. The van der Waals surface area contributed by atoms with Crippen molar-refractivity contribution < 1.29 is 38.3 Å². The fraction of sp³-hybridized carbons (Fsp3) is 0.474. The number of benzene rings is 1. The van der Waals surface area contributed by atoms with Crippen LogP contribution in [0, 0.1) is 5.92 Å². The molecular weight excluding hydrogens is 313 g/mol. The summed E-state index contributed by atoms with van der Waals surface area (Å²) in [5, 5.41) is 11.3. The number of carboxylic acid groups (broad SMARTS) is 1. The van der Waals surface area contributed by atoms with E-state index >= 15 is 0 Å². The number of aromatic carboxylic acids is 1. The van der Waals surface area contributed by atoms with Gasteiger partial charge in [0.2, 0.25) is 5.91 Å². The molecule has 6 heteroatoms. The number of hydrogen-bond donors (Lipinski definition) is 0. The molecule has 1 amide bonds. The van der Waals surface area contributed by atoms with Gasteiger partial charge in [-0.05, 0) is 59.6 Å². The van der Waals surface area contributed by atoms with Crippen molar-refractivity contribution in [1.82, 2.24) is 4.90 Å². The summed E-state index contributed by atoms with van der Waals surface area (Å²) in [5.41, 5.74) is 3.23. The first-order valence-electron chi connectivity index (χ1n) is 8.54. The van der Waals surface area contributed by atoms with Crippen molar-refractivity contribution in [1.29, 1.82) is 0 Å². The molecule has 1 aromatic rings. The van der Waals surface area contributed by atoms with Crippen LogP contribution in [0.1, 0.15) is 46.7 Å². The van der Waals surface area contributed by atoms with Crippen LogP contribution in [0.4, 0.5) is 0 Å². The summed E-state index contributed by atoms with van der Waals surface area (Å²) in [5.74, 6) is -0.543. The van der Waals surface area contributed by atoms with Crippen LogP contribution >= 0.6 is 0 Å². The van der Waals surface area contributed by atoms with Gasteiger partial charge in [-0.15, -0.1) is 0 Å². The molecule has 25 heavy (non-hydrogen) atoms. The second-order valence-electron chi connectivity index (χ2n) is 6.92. The number of hydrogen-bond acceptors (Lipinski definition) is 4. The molecule has 0 bridgehead atoms. The zero-order chi connectivity index (χ0) is 16.7. The van der Waals surface area contributed by atoms with Crippen molar-refractivity contribution in [3.63, 3.8) is 0 Å². The molecule has 0 radical (unpaired) electrons. The fourth-order valence-corrected chi connectivity index (χ4v) is 3.38. The van der Waals surface area contributed by atoms with E-state index < -0.39 is 5.97 Å². The molecule has 1 saturated carbocycles. The summed E-state index contributed by atoms with van der Waals surface area (Å²) >= 11 is 0. The van der Waals surface area contributed by atoms with Gasteiger partial charge in [0.05, 0.1) is 25.1 Å². The quantitative estimate of drug-likeness (QED) is 0.610. The van der Waals surface area contributed by atoms with Gasteiger partial charge in [0, 0.05) is 13.1 Å². The summed E-state index contributed by atoms with van der Waals surface area (Å²) in [6, 6.07) is 5.48. The maximum absolute atomic E-state index is 12.4. The van der Waals surface area contributed by atoms with Crippen molar-refractivity contribution in [2.24, 2.45) is 5.92 Å². The Hall–Kier alpha value is -1.54. The maximum atomic E-state index is 12.4. The Bertz CT molecular complexity index is 722. The van der Waals surface area contributed by atoms with E-state index in [2.05, 4.69) is 12.1 Å². The van der Waals surface area contributed by atoms with Gasteiger partial charge in [-0.25, -0.2) is 0 Å². The number of rotatable bonds is 4. The van der Waals surface area contributed by atoms with E-state index in [1.165, 1.54) is 0 Å². The van der Waals surface area contributed by atoms with E-state index in [1.54, 1.807) is 12.1 Å². The van der Waals surface area contributed by atoms with E-state index in [1.807, 2.05) is 4.90 Å². The number of amides is 1. The number of carboxylic acids is 1. The Balaban J connectivity index is 0.00000182. The van der Waals surface area contributed by atoms with Crippen molar-refractivity contribution in [3.05, 3.63) is 41.0 Å². The smallest absolute Gasteiger partial charge is 0.545 e. The topological polar surface area (TPSA) is 69.7 Å². The molecule has 0 N–H and O–H groups in total. The minimum atomic E-state index is -1.14. The van der Waals surface area contributed by atoms with E-state index in [0.29, 0.717) is 32.2 Å². The largest absolute Gasteiger partial charge is 1.00 e. The van der Waals surface area contributed by atoms with Gasteiger partial charge in [-0.2, -0.15) is 0 Å². The molecule has 0 spiro atoms. The molecule has 1 aliphatic carbocycles. The SMILES string of the molecule is O=C([O-])c1cc(C2=CCCN(C(=O)C3COC3)C2)cc(C2CC2)c1.[Li+]. The molecule has 1 aromatic carbocycles. The van der Waals surface area contributed by atoms with E-state index in [4.69, 9.17) is 4.74 Å². The second-order valence-corrected chi connectivity index (χ2v) is 6.92. The average Bonchev–Trinajstić information content (AvgIpc) is 3.38. The van der Waals surface area contributed by atoms with Crippen LogP contribution in [0.15, 0.2) is 24.3 Å². The molecule has 5 nitrogen and oxygen atoms in total. The van der Waals surface area contributed by atoms with Crippen LogP contribution in [0.3, 0.4) is 0 Å². The number of carbonyl (C=O) groups excluding carboxylic acids is 2. The van der Waals surface area contributed by atoms with Gasteiger partial charge in [0.15, 0.2) is 0 Å². The predicted octanol–water partition coefficient (Wildman–Crippen LogP) is -1.81. The zero-order valence-electron chi connectivity index (χ0n) is 14.5. The minimum absolute atomic E-state index is 0. The van der Waals surface area contributed by atoms with Crippen LogP contribution in [-0.4, -0.2) is 43.1 Å². The predicted molar refractivity (Wildman–Crippen MR) is 86.2 cm³/mol. The van der Waals surface area contributed by atoms with Gasteiger partial charge in [-0.1, -0.05) is 12.1 Å². The van der Waals surface area contributed by atoms with Crippen LogP contribution in [0.5, 0.6) is 0 Å². The number of nitrogens with zero attached hydrogens (tertiary/aromatic N) is 1. The molecule has 2 heterocycles. The van der Waals surface area contributed by atoms with Crippen LogP contribution in [0.2, 0.25) is 0 Å². The Morgan fingerprint density at radius 2 is 1.92 bits per heavy atom. The summed E-state index contributed by atoms with van der Waals surface area (Å²) in [4.78, 5) is 25.6. The summed E-state index contributed by atoms with van der Waals surface area (Å²) < 4.78 is 5.12. The van der Waals surface area contributed by atoms with Crippen LogP contribution in [0.25, 0.3) is 5.57 Å². The molecule has 2 aliphatic heterocycles. The van der Waals surface area contributed by atoms with Crippen LogP contribution < -0.4 is 24.0 Å². The molecule has 1 saturated heterocycles. The number of carbonyl (C=O) groups is 2. The van der Waals surface area contributed by atoms with Crippen molar-refractivity contribution >= 4 is 17.4 Å². The normalized spacial score (nSPS) is 20.3. The summed E-state index contributed by atoms with van der Waals surface area (Å²) in [7, 11) is 0. The second kappa shape index (κ2) is 7.37. The first-order chi connectivity index (χ1) is 11.6. The third-order valence-corrected chi connectivity index (χ3v) is 5.06. The first-order valence-corrected chi connectivity index (χ1v) is 8.54. The van der Waals surface area contributed by atoms with E-state index in [9.17, 15) is 14.7 Å². The van der Waals surface area contributed by atoms with Crippen molar-refractivity contribution in [2.45, 2.75) is 25.2 Å². The molecule has 4 rings (SSSR count). The third kappa shape index (κ3) is 3.84. The number of ether oxygens (including phenoxy) is 1. The Kier molecular flexibility index (Phi) is 5.38. The van der Waals surface area contributed by atoms with Gasteiger partial charge in [-0.3, -0.25) is 4.79 Å². The zero-order valence-corrected chi connectivity index (χ0v) is 14.5. The monoisotopic (exact) mass is 333 g/mol. The Labute approximate surface area is 159 Å². The molecule has 126 valence electrons. The van der Waals surface area contributed by atoms with Crippen molar-refractivity contribution in [2.75, 3.05) is 26.3 Å². The maximum Gasteiger partial charge on any atom is 1.00 e. The van der Waals surface area contributed by atoms with Gasteiger partial charge < -0.3 is 19.5 Å². The van der Waals surface area contributed by atoms with Crippen LogP contribution in [-0.2, 0) is 9.53 Å². The standard InChI is InChI=1S/C19H21NO4.Li/c21-18(17-10-24-11-17)20-5-1-2-13(9-20)15-6-14(12-3-4-12)7-16(8-15)19(22)23;/h2,6-8,12,17H,1,3-5,9-11H2,(H,22,23);/q;+1/p-1. The van der Waals surface area contributed by atoms with Gasteiger partial charge in [0.25, 0.3) is 0 Å². The molecule has 2 fully saturated rings. The van der Waals surface area contributed by atoms with Gasteiger partial charge in [0.1, 0.15) is 0 Å². The van der Waals surface area contributed by atoms with Gasteiger partial charge >= 0.3 is 18.9 Å². The molecule has 0 unspecified atom stereocenters. The van der Waals surface area contributed by atoms with E-state index in [-0.39, 0.29) is 36.2 Å². The first kappa shape index (κ1) is 18.3. The van der Waals surface area contributed by atoms with Crippen molar-refractivity contribution in [3.8, 4) is 0 Å². The average molecular weight is 333 g/mol. The molecule has 0 aromatic heterocycles. The molecular formula is C19H20LiNO4. The minimum Gasteiger partial charge on any atom is -0.545 e. The third-order valence-electron chi connectivity index (χ3n) is 5.06. The summed E-state index contributed by atoms with van der Waals surface area (Å²) in [6.07, 6.45) is 5.14. The Morgan fingerprint density at radius 1 is 1.16 bits per heavy atom. The van der Waals surface area contributed by atoms with E-state index in [0.717, 1.165) is 36.0 Å². The fourth-order valence-electron chi connectivity index (χ4n) is 3.38.